The van der Waals surface area contributed by atoms with E-state index in [0.29, 0.717) is 5.15 Å². The van der Waals surface area contributed by atoms with Crippen LogP contribution in [0, 0.1) is 13.8 Å². The van der Waals surface area contributed by atoms with Crippen LogP contribution in [0.3, 0.4) is 0 Å². The topological polar surface area (TPSA) is 43.6 Å². The standard InChI is InChI=1S/C10H11ClN4/c1-6-4-9(11)12-13-10(6)8-5-15(3)14-7(8)2/h4-5H,1-3H3. The van der Waals surface area contributed by atoms with Crippen molar-refractivity contribution in [2.45, 2.75) is 13.8 Å². The van der Waals surface area contributed by atoms with E-state index >= 15 is 0 Å². The van der Waals surface area contributed by atoms with E-state index in [0.717, 1.165) is 22.5 Å². The first-order valence-corrected chi connectivity index (χ1v) is 4.96. The Hall–Kier alpha value is -1.42. The van der Waals surface area contributed by atoms with Crippen molar-refractivity contribution in [3.63, 3.8) is 0 Å². The van der Waals surface area contributed by atoms with Gasteiger partial charge in [-0.25, -0.2) is 0 Å². The first-order valence-electron chi connectivity index (χ1n) is 4.58. The second kappa shape index (κ2) is 3.62. The number of hydrogen-bond donors (Lipinski definition) is 0. The highest BCUT2D eigenvalue weighted by atomic mass is 35.5. The van der Waals surface area contributed by atoms with E-state index in [9.17, 15) is 0 Å². The Bertz CT molecular complexity index is 504. The molecule has 0 amide bonds. The molecule has 5 heteroatoms. The largest absolute Gasteiger partial charge is 0.275 e. The lowest BCUT2D eigenvalue weighted by Crippen LogP contribution is -1.92. The van der Waals surface area contributed by atoms with Gasteiger partial charge >= 0.3 is 0 Å². The second-order valence-electron chi connectivity index (χ2n) is 3.50. The molecule has 2 aromatic heterocycles. The average molecular weight is 223 g/mol. The molecule has 0 aliphatic heterocycles. The molecule has 0 saturated carbocycles. The second-order valence-corrected chi connectivity index (χ2v) is 3.89. The molecule has 0 N–H and O–H groups in total. The fraction of sp³-hybridized carbons (Fsp3) is 0.300. The predicted octanol–water partition coefficient (Wildman–Crippen LogP) is 2.15. The Morgan fingerprint density at radius 1 is 1.27 bits per heavy atom. The van der Waals surface area contributed by atoms with E-state index in [1.165, 1.54) is 0 Å². The van der Waals surface area contributed by atoms with Gasteiger partial charge in [0.2, 0.25) is 0 Å². The average Bonchev–Trinajstić information content (AvgIpc) is 2.45. The highest BCUT2D eigenvalue weighted by Crippen LogP contribution is 2.23. The fourth-order valence-electron chi connectivity index (χ4n) is 1.55. The summed E-state index contributed by atoms with van der Waals surface area (Å²) < 4.78 is 1.76. The molecule has 0 saturated heterocycles. The molecule has 2 aromatic rings. The molecule has 0 spiro atoms. The monoisotopic (exact) mass is 222 g/mol. The van der Waals surface area contributed by atoms with Gasteiger partial charge in [-0.2, -0.15) is 5.10 Å². The maximum Gasteiger partial charge on any atom is 0.152 e. The molecule has 0 atom stereocenters. The van der Waals surface area contributed by atoms with E-state index in [2.05, 4.69) is 15.3 Å². The van der Waals surface area contributed by atoms with Gasteiger partial charge in [0.05, 0.1) is 11.4 Å². The first kappa shape index (κ1) is 10.1. The van der Waals surface area contributed by atoms with Crippen LogP contribution in [-0.4, -0.2) is 20.0 Å². The smallest absolute Gasteiger partial charge is 0.152 e. The number of hydrogen-bond acceptors (Lipinski definition) is 3. The number of rotatable bonds is 1. The molecule has 0 fully saturated rings. The number of aryl methyl sites for hydroxylation is 3. The van der Waals surface area contributed by atoms with Gasteiger partial charge in [-0.05, 0) is 25.5 Å². The SMILES string of the molecule is Cc1cc(Cl)nnc1-c1cn(C)nc1C. The Morgan fingerprint density at radius 2 is 2.00 bits per heavy atom. The number of halogens is 1. The van der Waals surface area contributed by atoms with Crippen molar-refractivity contribution in [1.29, 1.82) is 0 Å². The zero-order valence-electron chi connectivity index (χ0n) is 8.82. The van der Waals surface area contributed by atoms with Crippen LogP contribution < -0.4 is 0 Å². The molecule has 0 aliphatic carbocycles. The molecular formula is C10H11ClN4. The summed E-state index contributed by atoms with van der Waals surface area (Å²) in [5, 5.41) is 12.6. The lowest BCUT2D eigenvalue weighted by Gasteiger charge is -2.01. The lowest BCUT2D eigenvalue weighted by molar-refractivity contribution is 0.756. The quantitative estimate of drug-likeness (QED) is 0.743. The Morgan fingerprint density at radius 3 is 2.53 bits per heavy atom. The van der Waals surface area contributed by atoms with Crippen molar-refractivity contribution in [2.24, 2.45) is 7.05 Å². The van der Waals surface area contributed by atoms with Crippen molar-refractivity contribution in [1.82, 2.24) is 20.0 Å². The summed E-state index contributed by atoms with van der Waals surface area (Å²) in [5.74, 6) is 0. The van der Waals surface area contributed by atoms with E-state index in [1.807, 2.05) is 27.1 Å². The summed E-state index contributed by atoms with van der Waals surface area (Å²) in [6, 6.07) is 1.80. The van der Waals surface area contributed by atoms with E-state index < -0.39 is 0 Å². The molecule has 0 unspecified atom stereocenters. The molecule has 2 rings (SSSR count). The van der Waals surface area contributed by atoms with Gasteiger partial charge in [-0.1, -0.05) is 11.6 Å². The summed E-state index contributed by atoms with van der Waals surface area (Å²) in [5.41, 5.74) is 3.78. The zero-order chi connectivity index (χ0) is 11.0. The minimum absolute atomic E-state index is 0.415. The van der Waals surface area contributed by atoms with Crippen molar-refractivity contribution < 1.29 is 0 Å². The highest BCUT2D eigenvalue weighted by molar-refractivity contribution is 6.29. The molecule has 78 valence electrons. The van der Waals surface area contributed by atoms with Crippen molar-refractivity contribution in [2.75, 3.05) is 0 Å². The van der Waals surface area contributed by atoms with Gasteiger partial charge in [0.1, 0.15) is 0 Å². The number of nitrogens with zero attached hydrogens (tertiary/aromatic N) is 4. The van der Waals surface area contributed by atoms with Crippen LogP contribution in [0.4, 0.5) is 0 Å². The maximum atomic E-state index is 5.75. The van der Waals surface area contributed by atoms with Gasteiger partial charge in [0.25, 0.3) is 0 Å². The Labute approximate surface area is 92.9 Å². The molecule has 0 aromatic carbocycles. The van der Waals surface area contributed by atoms with Gasteiger partial charge in [-0.3, -0.25) is 4.68 Å². The van der Waals surface area contributed by atoms with Gasteiger partial charge in [0.15, 0.2) is 5.15 Å². The van der Waals surface area contributed by atoms with Gasteiger partial charge < -0.3 is 0 Å². The molecule has 2 heterocycles. The molecule has 0 bridgehead atoms. The van der Waals surface area contributed by atoms with Gasteiger partial charge in [-0.15, -0.1) is 10.2 Å². The molecule has 0 radical (unpaired) electrons. The normalized spacial score (nSPS) is 10.7. The summed E-state index contributed by atoms with van der Waals surface area (Å²) in [6.07, 6.45) is 1.93. The van der Waals surface area contributed by atoms with Crippen LogP contribution in [0.1, 0.15) is 11.3 Å². The summed E-state index contributed by atoms with van der Waals surface area (Å²) in [7, 11) is 1.88. The molecular weight excluding hydrogens is 212 g/mol. The van der Waals surface area contributed by atoms with Crippen LogP contribution in [-0.2, 0) is 7.05 Å². The minimum Gasteiger partial charge on any atom is -0.275 e. The third-order valence-corrected chi connectivity index (χ3v) is 2.41. The molecule has 0 aliphatic rings. The van der Waals surface area contributed by atoms with Crippen molar-refractivity contribution in [3.8, 4) is 11.3 Å². The van der Waals surface area contributed by atoms with Crippen LogP contribution in [0.25, 0.3) is 11.3 Å². The summed E-state index contributed by atoms with van der Waals surface area (Å²) in [4.78, 5) is 0. The highest BCUT2D eigenvalue weighted by Gasteiger charge is 2.11. The molecule has 4 nitrogen and oxygen atoms in total. The minimum atomic E-state index is 0.415. The van der Waals surface area contributed by atoms with E-state index in [4.69, 9.17) is 11.6 Å². The Balaban J connectivity index is 2.59. The number of aromatic nitrogens is 4. The van der Waals surface area contributed by atoms with E-state index in [1.54, 1.807) is 10.7 Å². The van der Waals surface area contributed by atoms with Crippen molar-refractivity contribution in [3.05, 3.63) is 28.7 Å². The van der Waals surface area contributed by atoms with Crippen LogP contribution in [0.5, 0.6) is 0 Å². The first-order chi connectivity index (χ1) is 7.08. The third-order valence-electron chi connectivity index (χ3n) is 2.22. The summed E-state index contributed by atoms with van der Waals surface area (Å²) >= 11 is 5.75. The van der Waals surface area contributed by atoms with Crippen molar-refractivity contribution >= 4 is 11.6 Å². The zero-order valence-corrected chi connectivity index (χ0v) is 9.58. The lowest BCUT2D eigenvalue weighted by atomic mass is 10.1. The Kier molecular flexibility index (Phi) is 2.44. The van der Waals surface area contributed by atoms with Crippen LogP contribution in [0.2, 0.25) is 5.15 Å². The van der Waals surface area contributed by atoms with Crippen LogP contribution in [0.15, 0.2) is 12.3 Å². The van der Waals surface area contributed by atoms with E-state index in [-0.39, 0.29) is 0 Å². The third kappa shape index (κ3) is 1.85. The van der Waals surface area contributed by atoms with Gasteiger partial charge in [0, 0.05) is 18.8 Å². The predicted molar refractivity (Wildman–Crippen MR) is 58.7 cm³/mol. The maximum absolute atomic E-state index is 5.75. The summed E-state index contributed by atoms with van der Waals surface area (Å²) in [6.45, 7) is 3.91. The fourth-order valence-corrected chi connectivity index (χ4v) is 1.75. The van der Waals surface area contributed by atoms with Crippen LogP contribution >= 0.6 is 11.6 Å². The molecule has 15 heavy (non-hydrogen) atoms.